The maximum Gasteiger partial charge on any atom is 0.242 e. The topological polar surface area (TPSA) is 63.4 Å². The number of aliphatic hydroxyl groups excluding tert-OH is 1. The molecule has 4 heteroatoms. The minimum atomic E-state index is -1.22. The molecule has 1 unspecified atom stereocenters. The van der Waals surface area contributed by atoms with Crippen LogP contribution in [0.25, 0.3) is 0 Å². The summed E-state index contributed by atoms with van der Waals surface area (Å²) >= 11 is 0. The predicted molar refractivity (Wildman–Crippen MR) is 60.5 cm³/mol. The van der Waals surface area contributed by atoms with Gasteiger partial charge in [0, 0.05) is 18.8 Å². The summed E-state index contributed by atoms with van der Waals surface area (Å²) in [5.74, 6) is 0. The van der Waals surface area contributed by atoms with Gasteiger partial charge in [-0.15, -0.1) is 0 Å². The van der Waals surface area contributed by atoms with Crippen LogP contribution in [-0.2, 0) is 0 Å². The highest BCUT2D eigenvalue weighted by molar-refractivity contribution is 4.77. The molecule has 0 radical (unpaired) electrons. The number of aliphatic hydroxyl groups is 1. The third-order valence-corrected chi connectivity index (χ3v) is 2.87. The van der Waals surface area contributed by atoms with Gasteiger partial charge in [-0.3, -0.25) is 10.1 Å². The van der Waals surface area contributed by atoms with Crippen molar-refractivity contribution < 1.29 is 10.0 Å². The quantitative estimate of drug-likeness (QED) is 0.386. The van der Waals surface area contributed by atoms with Crippen molar-refractivity contribution in [3.63, 3.8) is 0 Å². The Morgan fingerprint density at radius 3 is 2.27 bits per heavy atom. The Bertz CT molecular complexity index is 192. The third kappa shape index (κ3) is 5.11. The number of nitro groups is 1. The molecule has 4 nitrogen and oxygen atoms in total. The molecule has 0 aromatic heterocycles. The van der Waals surface area contributed by atoms with E-state index in [1.165, 1.54) is 26.7 Å². The normalized spacial score (nSPS) is 13.9. The summed E-state index contributed by atoms with van der Waals surface area (Å²) in [5.41, 5.74) is -1.22. The highest BCUT2D eigenvalue weighted by Gasteiger charge is 2.38. The summed E-state index contributed by atoms with van der Waals surface area (Å²) in [5, 5.41) is 20.3. The molecule has 0 aliphatic carbocycles. The lowest BCUT2D eigenvalue weighted by Crippen LogP contribution is -2.43. The van der Waals surface area contributed by atoms with Crippen LogP contribution in [0.1, 0.15) is 59.3 Å². The molecule has 90 valence electrons. The lowest BCUT2D eigenvalue weighted by Gasteiger charge is -2.21. The molecule has 0 saturated carbocycles. The van der Waals surface area contributed by atoms with E-state index < -0.39 is 16.6 Å². The zero-order valence-electron chi connectivity index (χ0n) is 10.0. The van der Waals surface area contributed by atoms with Crippen molar-refractivity contribution in [2.75, 3.05) is 0 Å². The SMILES string of the molecule is CCCCCCCC(O)C(C)(C)[N+](=O)[O-]. The van der Waals surface area contributed by atoms with Crippen LogP contribution in [0.2, 0.25) is 0 Å². The van der Waals surface area contributed by atoms with Gasteiger partial charge in [0.15, 0.2) is 0 Å². The van der Waals surface area contributed by atoms with Crippen LogP contribution in [0.3, 0.4) is 0 Å². The van der Waals surface area contributed by atoms with Gasteiger partial charge < -0.3 is 5.11 Å². The summed E-state index contributed by atoms with van der Waals surface area (Å²) in [6.45, 7) is 5.10. The Labute approximate surface area is 91.8 Å². The zero-order chi connectivity index (χ0) is 11.9. The van der Waals surface area contributed by atoms with E-state index in [1.807, 2.05) is 0 Å². The molecule has 0 aliphatic heterocycles. The molecule has 1 N–H and O–H groups in total. The Morgan fingerprint density at radius 2 is 1.80 bits per heavy atom. The van der Waals surface area contributed by atoms with Crippen molar-refractivity contribution in [2.24, 2.45) is 0 Å². The molecule has 0 saturated heterocycles. The maximum atomic E-state index is 10.6. The van der Waals surface area contributed by atoms with Gasteiger partial charge in [-0.05, 0) is 6.42 Å². The monoisotopic (exact) mass is 217 g/mol. The molecule has 0 amide bonds. The average molecular weight is 217 g/mol. The van der Waals surface area contributed by atoms with E-state index in [-0.39, 0.29) is 0 Å². The lowest BCUT2D eigenvalue weighted by atomic mass is 9.93. The molecular formula is C11H23NO3. The first-order valence-corrected chi connectivity index (χ1v) is 5.75. The fraction of sp³-hybridized carbons (Fsp3) is 1.00. The third-order valence-electron chi connectivity index (χ3n) is 2.87. The molecule has 0 heterocycles. The molecule has 0 aliphatic rings. The van der Waals surface area contributed by atoms with Crippen LogP contribution < -0.4 is 0 Å². The minimum absolute atomic E-state index is 0.399. The summed E-state index contributed by atoms with van der Waals surface area (Å²) in [6.07, 6.45) is 5.16. The first kappa shape index (κ1) is 14.4. The van der Waals surface area contributed by atoms with E-state index >= 15 is 0 Å². The molecule has 0 bridgehead atoms. The van der Waals surface area contributed by atoms with E-state index in [9.17, 15) is 15.2 Å². The molecule has 0 rings (SSSR count). The van der Waals surface area contributed by atoms with Crippen molar-refractivity contribution in [1.29, 1.82) is 0 Å². The second-order valence-corrected chi connectivity index (χ2v) is 4.63. The Hall–Kier alpha value is -0.640. The van der Waals surface area contributed by atoms with Crippen LogP contribution in [0.5, 0.6) is 0 Å². The van der Waals surface area contributed by atoms with Crippen LogP contribution in [0.4, 0.5) is 0 Å². The van der Waals surface area contributed by atoms with E-state index in [0.717, 1.165) is 19.3 Å². The van der Waals surface area contributed by atoms with Crippen molar-refractivity contribution in [3.05, 3.63) is 10.1 Å². The van der Waals surface area contributed by atoms with Gasteiger partial charge in [0.25, 0.3) is 0 Å². The van der Waals surface area contributed by atoms with Crippen LogP contribution in [0.15, 0.2) is 0 Å². The fourth-order valence-corrected chi connectivity index (χ4v) is 1.42. The fourth-order valence-electron chi connectivity index (χ4n) is 1.42. The highest BCUT2D eigenvalue weighted by Crippen LogP contribution is 2.19. The van der Waals surface area contributed by atoms with E-state index in [2.05, 4.69) is 6.92 Å². The number of rotatable bonds is 8. The standard InChI is InChI=1S/C11H23NO3/c1-4-5-6-7-8-9-10(13)11(2,3)12(14)15/h10,13H,4-9H2,1-3H3. The van der Waals surface area contributed by atoms with Crippen molar-refractivity contribution in [1.82, 2.24) is 0 Å². The van der Waals surface area contributed by atoms with Crippen LogP contribution in [0, 0.1) is 10.1 Å². The number of unbranched alkanes of at least 4 members (excludes halogenated alkanes) is 4. The van der Waals surface area contributed by atoms with Gasteiger partial charge in [-0.2, -0.15) is 0 Å². The zero-order valence-corrected chi connectivity index (χ0v) is 10.0. The van der Waals surface area contributed by atoms with Crippen molar-refractivity contribution in [2.45, 2.75) is 70.9 Å². The Balaban J connectivity index is 3.73. The van der Waals surface area contributed by atoms with E-state index in [1.54, 1.807) is 0 Å². The molecule has 0 aromatic rings. The van der Waals surface area contributed by atoms with Crippen molar-refractivity contribution >= 4 is 0 Å². The average Bonchev–Trinajstić information content (AvgIpc) is 2.16. The van der Waals surface area contributed by atoms with Gasteiger partial charge in [-0.1, -0.05) is 39.0 Å². The van der Waals surface area contributed by atoms with Gasteiger partial charge >= 0.3 is 0 Å². The maximum absolute atomic E-state index is 10.6. The number of hydrogen-bond acceptors (Lipinski definition) is 3. The largest absolute Gasteiger partial charge is 0.386 e. The summed E-state index contributed by atoms with van der Waals surface area (Å²) in [7, 11) is 0. The molecular weight excluding hydrogens is 194 g/mol. The number of nitrogens with zero attached hydrogens (tertiary/aromatic N) is 1. The van der Waals surface area contributed by atoms with Crippen molar-refractivity contribution in [3.8, 4) is 0 Å². The first-order chi connectivity index (χ1) is 6.92. The van der Waals surface area contributed by atoms with E-state index in [0.29, 0.717) is 6.42 Å². The number of hydrogen-bond donors (Lipinski definition) is 1. The molecule has 0 aromatic carbocycles. The minimum Gasteiger partial charge on any atom is -0.386 e. The second-order valence-electron chi connectivity index (χ2n) is 4.63. The van der Waals surface area contributed by atoms with Gasteiger partial charge in [0.05, 0.1) is 0 Å². The van der Waals surface area contributed by atoms with Gasteiger partial charge in [-0.25, -0.2) is 0 Å². The summed E-state index contributed by atoms with van der Waals surface area (Å²) in [4.78, 5) is 10.2. The van der Waals surface area contributed by atoms with Crippen LogP contribution in [-0.4, -0.2) is 21.7 Å². The van der Waals surface area contributed by atoms with Crippen LogP contribution >= 0.6 is 0 Å². The molecule has 0 spiro atoms. The highest BCUT2D eigenvalue weighted by atomic mass is 16.6. The first-order valence-electron chi connectivity index (χ1n) is 5.75. The molecule has 15 heavy (non-hydrogen) atoms. The summed E-state index contributed by atoms with van der Waals surface area (Å²) < 4.78 is 0. The van der Waals surface area contributed by atoms with Gasteiger partial charge in [0.1, 0.15) is 6.10 Å². The Kier molecular flexibility index (Phi) is 6.48. The second kappa shape index (κ2) is 6.77. The smallest absolute Gasteiger partial charge is 0.242 e. The molecule has 1 atom stereocenters. The predicted octanol–water partition coefficient (Wildman–Crippen LogP) is 2.76. The van der Waals surface area contributed by atoms with Gasteiger partial charge in [0.2, 0.25) is 5.54 Å². The lowest BCUT2D eigenvalue weighted by molar-refractivity contribution is -0.573. The van der Waals surface area contributed by atoms with E-state index in [4.69, 9.17) is 0 Å². The summed E-state index contributed by atoms with van der Waals surface area (Å²) in [6, 6.07) is 0. The molecule has 0 fully saturated rings. The Morgan fingerprint density at radius 1 is 1.27 bits per heavy atom.